The Balaban J connectivity index is 1.62. The second kappa shape index (κ2) is 8.95. The van der Waals surface area contributed by atoms with Crippen LogP contribution in [-0.4, -0.2) is 45.8 Å². The number of esters is 1. The minimum atomic E-state index is -0.276. The minimum absolute atomic E-state index is 0.252. The lowest BCUT2D eigenvalue weighted by molar-refractivity contribution is -0.141. The van der Waals surface area contributed by atoms with E-state index in [4.69, 9.17) is 14.6 Å². The highest BCUT2D eigenvalue weighted by Crippen LogP contribution is 2.30. The first kappa shape index (κ1) is 20.5. The Labute approximate surface area is 179 Å². The van der Waals surface area contributed by atoms with Gasteiger partial charge >= 0.3 is 5.97 Å². The molecule has 0 fully saturated rings. The van der Waals surface area contributed by atoms with Crippen LogP contribution < -0.4 is 4.90 Å². The summed E-state index contributed by atoms with van der Waals surface area (Å²) in [6, 6.07) is 9.62. The first-order chi connectivity index (χ1) is 15.1. The molecule has 1 aliphatic heterocycles. The molecule has 1 aliphatic rings. The summed E-state index contributed by atoms with van der Waals surface area (Å²) in [5.74, 6) is 0.232. The van der Waals surface area contributed by atoms with Crippen LogP contribution in [0.3, 0.4) is 0 Å². The number of rotatable bonds is 8. The van der Waals surface area contributed by atoms with Crippen molar-refractivity contribution in [2.45, 2.75) is 32.9 Å². The number of nitrogens with zero attached hydrogens (tertiary/aromatic N) is 5. The molecule has 160 valence electrons. The maximum absolute atomic E-state index is 13.0. The van der Waals surface area contributed by atoms with Gasteiger partial charge in [0.1, 0.15) is 12.9 Å². The third-order valence-corrected chi connectivity index (χ3v) is 5.09. The lowest BCUT2D eigenvalue weighted by atomic mass is 10.2. The minimum Gasteiger partial charge on any atom is -0.466 e. The van der Waals surface area contributed by atoms with Gasteiger partial charge in [0.25, 0.3) is 5.91 Å². The molecule has 0 saturated heterocycles. The van der Waals surface area contributed by atoms with Crippen LogP contribution in [0.15, 0.2) is 47.9 Å². The standard InChI is InChI=1S/C22H23N5O4/c1-15(28)31-12-6-5-11-26-18-8-4-3-7-17(18)24-20(26)14-27-19-13-23-10-9-16(19)21(22(27)29)25-30-2/h3-4,7-10,13H,5-6,11-12,14H2,1-2H3/b25-21-. The Morgan fingerprint density at radius 1 is 1.19 bits per heavy atom. The zero-order valence-electron chi connectivity index (χ0n) is 17.4. The smallest absolute Gasteiger partial charge is 0.302 e. The van der Waals surface area contributed by atoms with E-state index in [1.807, 2.05) is 24.3 Å². The van der Waals surface area contributed by atoms with E-state index in [9.17, 15) is 9.59 Å². The number of para-hydroxylation sites is 2. The molecule has 31 heavy (non-hydrogen) atoms. The Morgan fingerprint density at radius 3 is 2.84 bits per heavy atom. The molecule has 0 N–H and O–H groups in total. The molecule has 0 atom stereocenters. The number of hydrogen-bond donors (Lipinski definition) is 0. The highest BCUT2D eigenvalue weighted by molar-refractivity contribution is 6.54. The van der Waals surface area contributed by atoms with Crippen LogP contribution in [0.5, 0.6) is 0 Å². The summed E-state index contributed by atoms with van der Waals surface area (Å²) < 4.78 is 7.13. The lowest BCUT2D eigenvalue weighted by Crippen LogP contribution is -2.31. The van der Waals surface area contributed by atoms with Crippen LogP contribution in [0.25, 0.3) is 11.0 Å². The molecule has 1 aromatic carbocycles. The number of benzene rings is 1. The number of aryl methyl sites for hydroxylation is 1. The molecule has 1 amide bonds. The van der Waals surface area contributed by atoms with Crippen molar-refractivity contribution in [3.63, 3.8) is 0 Å². The van der Waals surface area contributed by atoms with Gasteiger partial charge in [-0.1, -0.05) is 17.3 Å². The molecular formula is C22H23N5O4. The number of anilines is 1. The van der Waals surface area contributed by atoms with Crippen LogP contribution in [0.2, 0.25) is 0 Å². The largest absolute Gasteiger partial charge is 0.466 e. The number of carbonyl (C=O) groups is 2. The first-order valence-corrected chi connectivity index (χ1v) is 10.0. The number of hydrogen-bond acceptors (Lipinski definition) is 7. The third-order valence-electron chi connectivity index (χ3n) is 5.09. The van der Waals surface area contributed by atoms with E-state index in [0.29, 0.717) is 24.4 Å². The Bertz CT molecular complexity index is 1150. The maximum Gasteiger partial charge on any atom is 0.302 e. The van der Waals surface area contributed by atoms with Gasteiger partial charge in [-0.15, -0.1) is 0 Å². The SMILES string of the molecule is CO/N=C1\C(=O)N(Cc2nc3ccccc3n2CCCCOC(C)=O)c2cnccc21. The lowest BCUT2D eigenvalue weighted by Gasteiger charge is -2.17. The van der Waals surface area contributed by atoms with Gasteiger partial charge in [0.15, 0.2) is 5.71 Å². The van der Waals surface area contributed by atoms with Gasteiger partial charge < -0.3 is 14.1 Å². The fourth-order valence-electron chi connectivity index (χ4n) is 3.72. The molecule has 0 radical (unpaired) electrons. The van der Waals surface area contributed by atoms with Gasteiger partial charge in [-0.25, -0.2) is 4.98 Å². The summed E-state index contributed by atoms with van der Waals surface area (Å²) in [6.07, 6.45) is 4.82. The predicted octanol–water partition coefficient (Wildman–Crippen LogP) is 2.67. The van der Waals surface area contributed by atoms with E-state index in [-0.39, 0.29) is 24.1 Å². The van der Waals surface area contributed by atoms with Gasteiger partial charge in [0.05, 0.1) is 36.1 Å². The summed E-state index contributed by atoms with van der Waals surface area (Å²) in [5, 5.41) is 3.92. The summed E-state index contributed by atoms with van der Waals surface area (Å²) >= 11 is 0. The highest BCUT2D eigenvalue weighted by Gasteiger charge is 2.35. The molecule has 4 rings (SSSR count). The zero-order chi connectivity index (χ0) is 21.8. The molecule has 2 aromatic heterocycles. The van der Waals surface area contributed by atoms with Crippen molar-refractivity contribution in [3.8, 4) is 0 Å². The van der Waals surface area contributed by atoms with Gasteiger partial charge in [-0.05, 0) is 31.0 Å². The molecule has 9 nitrogen and oxygen atoms in total. The van der Waals surface area contributed by atoms with Crippen molar-refractivity contribution in [2.24, 2.45) is 5.16 Å². The highest BCUT2D eigenvalue weighted by atomic mass is 16.6. The summed E-state index contributed by atoms with van der Waals surface area (Å²) in [7, 11) is 1.42. The number of fused-ring (bicyclic) bond motifs is 2. The fourth-order valence-corrected chi connectivity index (χ4v) is 3.72. The summed E-state index contributed by atoms with van der Waals surface area (Å²) in [5.41, 5.74) is 3.47. The molecule has 3 heterocycles. The predicted molar refractivity (Wildman–Crippen MR) is 115 cm³/mol. The van der Waals surface area contributed by atoms with Crippen molar-refractivity contribution < 1.29 is 19.2 Å². The van der Waals surface area contributed by atoms with E-state index in [1.165, 1.54) is 14.0 Å². The number of carbonyl (C=O) groups excluding carboxylic acids is 2. The van der Waals surface area contributed by atoms with Crippen LogP contribution >= 0.6 is 0 Å². The van der Waals surface area contributed by atoms with Crippen molar-refractivity contribution in [1.29, 1.82) is 0 Å². The van der Waals surface area contributed by atoms with E-state index in [1.54, 1.807) is 23.4 Å². The van der Waals surface area contributed by atoms with Gasteiger partial charge in [-0.3, -0.25) is 19.5 Å². The molecule has 3 aromatic rings. The van der Waals surface area contributed by atoms with Gasteiger partial charge in [0, 0.05) is 25.2 Å². The maximum atomic E-state index is 13.0. The van der Waals surface area contributed by atoms with Crippen molar-refractivity contribution in [2.75, 3.05) is 18.6 Å². The quantitative estimate of drug-likeness (QED) is 0.315. The second-order valence-corrected chi connectivity index (χ2v) is 7.12. The Kier molecular flexibility index (Phi) is 5.92. The summed E-state index contributed by atoms with van der Waals surface area (Å²) in [6.45, 7) is 2.76. The number of ether oxygens (including phenoxy) is 1. The topological polar surface area (TPSA) is 98.9 Å². The Morgan fingerprint density at radius 2 is 2.03 bits per heavy atom. The number of oxime groups is 1. The number of aromatic nitrogens is 3. The number of imidazole rings is 1. The fraction of sp³-hybridized carbons (Fsp3) is 0.318. The zero-order valence-corrected chi connectivity index (χ0v) is 17.4. The monoisotopic (exact) mass is 421 g/mol. The van der Waals surface area contributed by atoms with E-state index >= 15 is 0 Å². The molecule has 9 heteroatoms. The molecule has 0 spiro atoms. The van der Waals surface area contributed by atoms with Crippen LogP contribution in [0.4, 0.5) is 5.69 Å². The number of pyridine rings is 1. The summed E-state index contributed by atoms with van der Waals surface area (Å²) in [4.78, 5) is 39.5. The van der Waals surface area contributed by atoms with E-state index in [2.05, 4.69) is 14.7 Å². The third kappa shape index (κ3) is 4.11. The number of unbranched alkanes of at least 4 members (excludes halogenated alkanes) is 1. The van der Waals surface area contributed by atoms with Gasteiger partial charge in [-0.2, -0.15) is 0 Å². The van der Waals surface area contributed by atoms with Crippen molar-refractivity contribution in [1.82, 2.24) is 14.5 Å². The van der Waals surface area contributed by atoms with Crippen LogP contribution in [0.1, 0.15) is 31.2 Å². The average molecular weight is 421 g/mol. The second-order valence-electron chi connectivity index (χ2n) is 7.12. The van der Waals surface area contributed by atoms with Gasteiger partial charge in [0.2, 0.25) is 0 Å². The number of amides is 1. The van der Waals surface area contributed by atoms with E-state index in [0.717, 1.165) is 29.7 Å². The Hall–Kier alpha value is -3.75. The normalized spacial score (nSPS) is 14.3. The first-order valence-electron chi connectivity index (χ1n) is 10.0. The van der Waals surface area contributed by atoms with Crippen molar-refractivity contribution in [3.05, 3.63) is 54.1 Å². The molecule has 0 aliphatic carbocycles. The molecule has 0 bridgehead atoms. The molecule has 0 unspecified atom stereocenters. The molecule has 0 saturated carbocycles. The van der Waals surface area contributed by atoms with Crippen molar-refractivity contribution >= 4 is 34.3 Å². The van der Waals surface area contributed by atoms with Crippen LogP contribution in [-0.2, 0) is 32.3 Å². The molecular weight excluding hydrogens is 398 g/mol. The van der Waals surface area contributed by atoms with E-state index < -0.39 is 0 Å². The van der Waals surface area contributed by atoms with Crippen LogP contribution in [0, 0.1) is 0 Å². The average Bonchev–Trinajstić information content (AvgIpc) is 3.24.